The first-order chi connectivity index (χ1) is 12.3. The van der Waals surface area contributed by atoms with E-state index < -0.39 is 15.7 Å². The summed E-state index contributed by atoms with van der Waals surface area (Å²) >= 11 is 0. The monoisotopic (exact) mass is 413 g/mol. The van der Waals surface area contributed by atoms with Crippen molar-refractivity contribution in [2.24, 2.45) is 7.05 Å². The van der Waals surface area contributed by atoms with Gasteiger partial charge in [0.15, 0.2) is 15.7 Å². The maximum atomic E-state index is 12.5. The molecule has 0 atom stereocenters. The highest BCUT2D eigenvalue weighted by molar-refractivity contribution is 7.90. The highest BCUT2D eigenvalue weighted by Gasteiger charge is 2.22. The Morgan fingerprint density at radius 3 is 2.59 bits per heavy atom. The summed E-state index contributed by atoms with van der Waals surface area (Å²) in [5.41, 5.74) is 0.873. The quantitative estimate of drug-likeness (QED) is 0.789. The summed E-state index contributed by atoms with van der Waals surface area (Å²) in [6.07, 6.45) is 3.06. The number of hydrogen-bond donors (Lipinski definition) is 2. The summed E-state index contributed by atoms with van der Waals surface area (Å²) in [4.78, 5) is 17.2. The number of nitrogens with zero attached hydrogens (tertiary/aromatic N) is 3. The van der Waals surface area contributed by atoms with Crippen LogP contribution in [-0.2, 0) is 16.9 Å². The first kappa shape index (κ1) is 21.3. The standard InChI is InChI=1S/C17H23N5O3S.ClH/c1-11-4-5-13(10-14(11)26(3,24)25)16(23)20-17-19-15(21-22(17)2)12-6-8-18-9-7-12;/h4-5,10,12,18H,6-9H2,1-3H3,(H,19,20,21,23);1H. The van der Waals surface area contributed by atoms with Gasteiger partial charge in [0.05, 0.1) is 4.90 Å². The van der Waals surface area contributed by atoms with E-state index in [1.807, 2.05) is 0 Å². The van der Waals surface area contributed by atoms with Crippen LogP contribution in [-0.4, -0.2) is 48.4 Å². The Hall–Kier alpha value is -1.97. The average Bonchev–Trinajstić information content (AvgIpc) is 2.95. The minimum Gasteiger partial charge on any atom is -0.317 e. The largest absolute Gasteiger partial charge is 0.317 e. The number of aromatic nitrogens is 3. The third-order valence-corrected chi connectivity index (χ3v) is 5.80. The van der Waals surface area contributed by atoms with E-state index in [0.717, 1.165) is 38.0 Å². The van der Waals surface area contributed by atoms with Crippen LogP contribution in [0.4, 0.5) is 5.95 Å². The lowest BCUT2D eigenvalue weighted by Gasteiger charge is -2.19. The number of anilines is 1. The normalized spacial score (nSPS) is 15.2. The molecule has 2 aromatic rings. The molecule has 1 aliphatic rings. The van der Waals surface area contributed by atoms with Gasteiger partial charge in [0.2, 0.25) is 5.95 Å². The molecule has 148 valence electrons. The third-order valence-electron chi connectivity index (χ3n) is 4.56. The van der Waals surface area contributed by atoms with Gasteiger partial charge < -0.3 is 5.32 Å². The molecule has 2 N–H and O–H groups in total. The third kappa shape index (κ3) is 4.85. The van der Waals surface area contributed by atoms with E-state index in [-0.39, 0.29) is 28.8 Å². The molecule has 0 spiro atoms. The van der Waals surface area contributed by atoms with Gasteiger partial charge in [-0.25, -0.2) is 13.1 Å². The number of piperidine rings is 1. The second-order valence-corrected chi connectivity index (χ2v) is 8.63. The van der Waals surface area contributed by atoms with Gasteiger partial charge in [-0.3, -0.25) is 10.1 Å². The van der Waals surface area contributed by atoms with Gasteiger partial charge in [-0.15, -0.1) is 12.4 Å². The van der Waals surface area contributed by atoms with Gasteiger partial charge >= 0.3 is 0 Å². The summed E-state index contributed by atoms with van der Waals surface area (Å²) in [6, 6.07) is 4.62. The molecule has 1 aromatic carbocycles. The van der Waals surface area contributed by atoms with Crippen molar-refractivity contribution in [3.05, 3.63) is 35.2 Å². The zero-order valence-electron chi connectivity index (χ0n) is 15.5. The van der Waals surface area contributed by atoms with Gasteiger partial charge in [0.25, 0.3) is 5.91 Å². The Kier molecular flexibility index (Phi) is 6.61. The molecule has 8 nitrogen and oxygen atoms in total. The molecule has 2 heterocycles. The van der Waals surface area contributed by atoms with Gasteiger partial charge in [0, 0.05) is 24.8 Å². The van der Waals surface area contributed by atoms with Gasteiger partial charge in [-0.05, 0) is 50.6 Å². The van der Waals surface area contributed by atoms with Crippen LogP contribution in [0.1, 0.15) is 40.5 Å². The molecule has 0 bridgehead atoms. The lowest BCUT2D eigenvalue weighted by atomic mass is 9.98. The molecular formula is C17H24ClN5O3S. The van der Waals surface area contributed by atoms with E-state index in [4.69, 9.17) is 0 Å². The van der Waals surface area contributed by atoms with E-state index in [9.17, 15) is 13.2 Å². The van der Waals surface area contributed by atoms with E-state index in [1.165, 1.54) is 6.07 Å². The second-order valence-electron chi connectivity index (χ2n) is 6.65. The number of rotatable bonds is 4. The number of amides is 1. The molecule has 3 rings (SSSR count). The maximum Gasteiger partial charge on any atom is 0.258 e. The van der Waals surface area contributed by atoms with Crippen LogP contribution in [0.25, 0.3) is 0 Å². The van der Waals surface area contributed by atoms with Crippen molar-refractivity contribution < 1.29 is 13.2 Å². The van der Waals surface area contributed by atoms with Crippen LogP contribution < -0.4 is 10.6 Å². The minimum atomic E-state index is -3.40. The lowest BCUT2D eigenvalue weighted by molar-refractivity contribution is 0.102. The second kappa shape index (κ2) is 8.37. The highest BCUT2D eigenvalue weighted by atomic mass is 35.5. The molecule has 1 aromatic heterocycles. The van der Waals surface area contributed by atoms with Crippen molar-refractivity contribution in [2.75, 3.05) is 24.7 Å². The smallest absolute Gasteiger partial charge is 0.258 e. The highest BCUT2D eigenvalue weighted by Crippen LogP contribution is 2.23. The number of carbonyl (C=O) groups excluding carboxylic acids is 1. The van der Waals surface area contributed by atoms with Crippen molar-refractivity contribution in [3.8, 4) is 0 Å². The zero-order valence-corrected chi connectivity index (χ0v) is 17.2. The Bertz CT molecular complexity index is 936. The Balaban J connectivity index is 0.00000261. The van der Waals surface area contributed by atoms with Gasteiger partial charge in [0.1, 0.15) is 0 Å². The summed E-state index contributed by atoms with van der Waals surface area (Å²) < 4.78 is 25.3. The number of nitrogens with one attached hydrogen (secondary N) is 2. The number of hydrogen-bond acceptors (Lipinski definition) is 6. The summed E-state index contributed by atoms with van der Waals surface area (Å²) in [6.45, 7) is 3.57. The zero-order chi connectivity index (χ0) is 18.9. The van der Waals surface area contributed by atoms with E-state index in [0.29, 0.717) is 11.5 Å². The molecule has 1 aliphatic heterocycles. The van der Waals surface area contributed by atoms with E-state index in [2.05, 4.69) is 20.7 Å². The van der Waals surface area contributed by atoms with Gasteiger partial charge in [-0.1, -0.05) is 6.07 Å². The van der Waals surface area contributed by atoms with Crippen LogP contribution in [0.3, 0.4) is 0 Å². The van der Waals surface area contributed by atoms with Crippen molar-refractivity contribution >= 4 is 34.1 Å². The van der Waals surface area contributed by atoms with E-state index >= 15 is 0 Å². The topological polar surface area (TPSA) is 106 Å². The van der Waals surface area contributed by atoms with Crippen LogP contribution in [0.5, 0.6) is 0 Å². The molecule has 0 unspecified atom stereocenters. The maximum absolute atomic E-state index is 12.5. The number of halogens is 1. The molecule has 1 saturated heterocycles. The fourth-order valence-corrected chi connectivity index (χ4v) is 4.07. The van der Waals surface area contributed by atoms with Gasteiger partial charge in [-0.2, -0.15) is 10.1 Å². The average molecular weight is 414 g/mol. The predicted octanol–water partition coefficient (Wildman–Crippen LogP) is 1.67. The molecular weight excluding hydrogens is 390 g/mol. The fourth-order valence-electron chi connectivity index (χ4n) is 3.08. The molecule has 0 aliphatic carbocycles. The summed E-state index contributed by atoms with van der Waals surface area (Å²) in [7, 11) is -1.67. The minimum absolute atomic E-state index is 0. The Labute approximate surface area is 165 Å². The predicted molar refractivity (Wildman–Crippen MR) is 105 cm³/mol. The molecule has 1 amide bonds. The number of carbonyl (C=O) groups is 1. The van der Waals surface area contributed by atoms with Crippen LogP contribution in [0, 0.1) is 6.92 Å². The van der Waals surface area contributed by atoms with Crippen LogP contribution >= 0.6 is 12.4 Å². The molecule has 0 saturated carbocycles. The first-order valence-electron chi connectivity index (χ1n) is 8.49. The van der Waals surface area contributed by atoms with Crippen molar-refractivity contribution in [2.45, 2.75) is 30.6 Å². The SMILES string of the molecule is Cc1ccc(C(=O)Nc2nc(C3CCNCC3)nn2C)cc1S(C)(=O)=O.Cl. The summed E-state index contributed by atoms with van der Waals surface area (Å²) in [5, 5.41) is 10.4. The Morgan fingerprint density at radius 1 is 1.30 bits per heavy atom. The first-order valence-corrected chi connectivity index (χ1v) is 10.4. The fraction of sp³-hybridized carbons (Fsp3) is 0.471. The van der Waals surface area contributed by atoms with Crippen LogP contribution in [0.2, 0.25) is 0 Å². The number of sulfone groups is 1. The van der Waals surface area contributed by atoms with Crippen LogP contribution in [0.15, 0.2) is 23.1 Å². The van der Waals surface area contributed by atoms with Crippen molar-refractivity contribution in [1.29, 1.82) is 0 Å². The molecule has 27 heavy (non-hydrogen) atoms. The lowest BCUT2D eigenvalue weighted by Crippen LogP contribution is -2.27. The summed E-state index contributed by atoms with van der Waals surface area (Å²) in [5.74, 6) is 0.946. The van der Waals surface area contributed by atoms with E-state index in [1.54, 1.807) is 30.8 Å². The molecule has 10 heteroatoms. The Morgan fingerprint density at radius 2 is 1.96 bits per heavy atom. The number of benzene rings is 1. The van der Waals surface area contributed by atoms with Crippen molar-refractivity contribution in [3.63, 3.8) is 0 Å². The number of aryl methyl sites for hydroxylation is 2. The van der Waals surface area contributed by atoms with Crippen molar-refractivity contribution in [1.82, 2.24) is 20.1 Å². The molecule has 0 radical (unpaired) electrons. The molecule has 1 fully saturated rings.